The van der Waals surface area contributed by atoms with E-state index >= 15 is 0 Å². The van der Waals surface area contributed by atoms with Crippen LogP contribution in [0.2, 0.25) is 0 Å². The molecule has 0 spiro atoms. The van der Waals surface area contributed by atoms with Crippen LogP contribution in [0.3, 0.4) is 0 Å². The summed E-state index contributed by atoms with van der Waals surface area (Å²) >= 11 is 0. The Kier molecular flexibility index (Phi) is 2.34. The lowest BCUT2D eigenvalue weighted by Crippen LogP contribution is -2.25. The van der Waals surface area contributed by atoms with Crippen molar-refractivity contribution in [1.82, 2.24) is 0 Å². The Morgan fingerprint density at radius 3 is 2.20 bits per heavy atom. The third-order valence-electron chi connectivity index (χ3n) is 2.38. The molecule has 0 aromatic rings. The molecule has 1 nitrogen and oxygen atoms in total. The molecule has 0 aromatic carbocycles. The van der Waals surface area contributed by atoms with Crippen molar-refractivity contribution in [3.05, 3.63) is 6.42 Å². The van der Waals surface area contributed by atoms with Crippen molar-refractivity contribution in [2.45, 2.75) is 32.1 Å². The molecule has 55 valence electrons. The second-order valence-corrected chi connectivity index (χ2v) is 3.12. The van der Waals surface area contributed by atoms with Gasteiger partial charge >= 0.3 is 0 Å². The second-order valence-electron chi connectivity index (χ2n) is 3.12. The number of aliphatic hydroxyl groups excluding tert-OH is 1. The van der Waals surface area contributed by atoms with E-state index in [2.05, 4.69) is 5.92 Å². The summed E-state index contributed by atoms with van der Waals surface area (Å²) in [6, 6.07) is 0. The van der Waals surface area contributed by atoms with Gasteiger partial charge in [0.05, 0.1) is 12.0 Å². The molecule has 1 heteroatoms. The third-order valence-corrected chi connectivity index (χ3v) is 2.38. The van der Waals surface area contributed by atoms with Gasteiger partial charge in [0.25, 0.3) is 0 Å². The highest BCUT2D eigenvalue weighted by molar-refractivity contribution is 5.02. The van der Waals surface area contributed by atoms with Gasteiger partial charge in [0.15, 0.2) is 0 Å². The molecular formula is C9H13O. The summed E-state index contributed by atoms with van der Waals surface area (Å²) in [5.74, 6) is 2.47. The highest BCUT2D eigenvalue weighted by Gasteiger charge is 2.28. The Bertz CT molecular complexity index is 137. The maximum Gasteiger partial charge on any atom is 0.0597 e. The van der Waals surface area contributed by atoms with E-state index in [0.29, 0.717) is 0 Å². The molecule has 1 aliphatic rings. The number of aliphatic hydroxyl groups is 1. The number of hydrogen-bond acceptors (Lipinski definition) is 1. The first-order chi connectivity index (χ1) is 4.83. The van der Waals surface area contributed by atoms with Gasteiger partial charge < -0.3 is 5.11 Å². The van der Waals surface area contributed by atoms with Gasteiger partial charge in [0.1, 0.15) is 0 Å². The normalized spacial score (nSPS) is 23.6. The predicted molar refractivity (Wildman–Crippen MR) is 39.7 cm³/mol. The maximum absolute atomic E-state index is 8.96. The van der Waals surface area contributed by atoms with Gasteiger partial charge in [-0.15, -0.1) is 0 Å². The molecule has 0 aliphatic heterocycles. The van der Waals surface area contributed by atoms with Crippen LogP contribution in [0.5, 0.6) is 0 Å². The molecule has 0 unspecified atom stereocenters. The highest BCUT2D eigenvalue weighted by Crippen LogP contribution is 2.34. The quantitative estimate of drug-likeness (QED) is 0.543. The first-order valence-corrected chi connectivity index (χ1v) is 3.88. The zero-order valence-corrected chi connectivity index (χ0v) is 6.19. The molecule has 0 amide bonds. The maximum atomic E-state index is 8.96. The molecule has 1 rings (SSSR count). The molecule has 10 heavy (non-hydrogen) atoms. The van der Waals surface area contributed by atoms with Gasteiger partial charge in [0, 0.05) is 0 Å². The van der Waals surface area contributed by atoms with Crippen molar-refractivity contribution < 1.29 is 5.11 Å². The summed E-state index contributed by atoms with van der Waals surface area (Å²) in [4.78, 5) is 0. The average molecular weight is 137 g/mol. The molecule has 0 aromatic heterocycles. The van der Waals surface area contributed by atoms with E-state index in [-0.39, 0.29) is 12.0 Å². The van der Waals surface area contributed by atoms with Gasteiger partial charge in [-0.25, -0.2) is 0 Å². The van der Waals surface area contributed by atoms with Crippen molar-refractivity contribution in [3.63, 3.8) is 0 Å². The van der Waals surface area contributed by atoms with Crippen LogP contribution in [0, 0.1) is 17.8 Å². The van der Waals surface area contributed by atoms with E-state index in [9.17, 15) is 0 Å². The van der Waals surface area contributed by atoms with Gasteiger partial charge in [0.2, 0.25) is 0 Å². The average Bonchev–Trinajstić information content (AvgIpc) is 2.06. The number of hydrogen-bond donors (Lipinski definition) is 1. The molecule has 1 N–H and O–H groups in total. The molecule has 0 saturated heterocycles. The minimum absolute atomic E-state index is 0.108. The van der Waals surface area contributed by atoms with Crippen molar-refractivity contribution in [2.24, 2.45) is 5.41 Å². The van der Waals surface area contributed by atoms with Gasteiger partial charge in [-0.2, -0.15) is 0 Å². The lowest BCUT2D eigenvalue weighted by molar-refractivity contribution is 0.135. The summed E-state index contributed by atoms with van der Waals surface area (Å²) in [5, 5.41) is 8.96. The summed E-state index contributed by atoms with van der Waals surface area (Å²) in [6.45, 7) is 0.108. The van der Waals surface area contributed by atoms with Crippen LogP contribution in [0.15, 0.2) is 0 Å². The molecule has 1 radical (unpaired) electrons. The molecule has 0 bridgehead atoms. The largest absolute Gasteiger partial charge is 0.395 e. The van der Waals surface area contributed by atoms with Crippen LogP contribution in [-0.4, -0.2) is 11.7 Å². The fraction of sp³-hybridized carbons (Fsp3) is 0.778. The van der Waals surface area contributed by atoms with Gasteiger partial charge in [-0.05, 0) is 19.3 Å². The SMILES string of the molecule is [C]#CC1(CO)CCCCC1. The van der Waals surface area contributed by atoms with Crippen LogP contribution in [0.25, 0.3) is 0 Å². The van der Waals surface area contributed by atoms with Crippen LogP contribution < -0.4 is 0 Å². The van der Waals surface area contributed by atoms with E-state index < -0.39 is 0 Å². The highest BCUT2D eigenvalue weighted by atomic mass is 16.3. The first-order valence-electron chi connectivity index (χ1n) is 3.88. The molecule has 0 heterocycles. The Labute approximate surface area is 62.4 Å². The van der Waals surface area contributed by atoms with E-state index in [4.69, 9.17) is 11.5 Å². The van der Waals surface area contributed by atoms with Crippen LogP contribution >= 0.6 is 0 Å². The smallest absolute Gasteiger partial charge is 0.0597 e. The standard InChI is InChI=1S/C9H13O/c1-2-9(8-10)6-4-3-5-7-9/h10H,3-8H2. The zero-order chi connectivity index (χ0) is 7.45. The minimum Gasteiger partial charge on any atom is -0.395 e. The molecule has 0 atom stereocenters. The van der Waals surface area contributed by atoms with E-state index in [0.717, 1.165) is 25.7 Å². The Morgan fingerprint density at radius 2 is 1.90 bits per heavy atom. The monoisotopic (exact) mass is 137 g/mol. The summed E-state index contributed by atoms with van der Waals surface area (Å²) in [5.41, 5.74) is -0.266. The molecular weight excluding hydrogens is 124 g/mol. The van der Waals surface area contributed by atoms with Gasteiger partial charge in [-0.3, -0.25) is 0 Å². The summed E-state index contributed by atoms with van der Waals surface area (Å²) < 4.78 is 0. The fourth-order valence-corrected chi connectivity index (χ4v) is 1.55. The lowest BCUT2D eigenvalue weighted by atomic mass is 9.75. The van der Waals surface area contributed by atoms with Crippen LogP contribution in [-0.2, 0) is 0 Å². The second kappa shape index (κ2) is 3.07. The van der Waals surface area contributed by atoms with Crippen molar-refractivity contribution in [3.8, 4) is 5.92 Å². The summed E-state index contributed by atoms with van der Waals surface area (Å²) in [7, 11) is 0. The Balaban J connectivity index is 2.55. The molecule has 1 fully saturated rings. The Morgan fingerprint density at radius 1 is 1.30 bits per heavy atom. The van der Waals surface area contributed by atoms with E-state index in [1.165, 1.54) is 6.42 Å². The fourth-order valence-electron chi connectivity index (χ4n) is 1.55. The zero-order valence-electron chi connectivity index (χ0n) is 6.19. The summed E-state index contributed by atoms with van der Waals surface area (Å²) in [6.07, 6.45) is 12.5. The third kappa shape index (κ3) is 1.33. The van der Waals surface area contributed by atoms with Gasteiger partial charge in [-0.1, -0.05) is 25.2 Å². The predicted octanol–water partition coefficient (Wildman–Crippen LogP) is 1.52. The van der Waals surface area contributed by atoms with Crippen molar-refractivity contribution in [1.29, 1.82) is 0 Å². The van der Waals surface area contributed by atoms with E-state index in [1.54, 1.807) is 0 Å². The van der Waals surface area contributed by atoms with E-state index in [1.807, 2.05) is 0 Å². The Hall–Kier alpha value is -0.480. The minimum atomic E-state index is -0.266. The molecule has 1 aliphatic carbocycles. The topological polar surface area (TPSA) is 20.2 Å². The number of rotatable bonds is 1. The lowest BCUT2D eigenvalue weighted by Gasteiger charge is -2.29. The van der Waals surface area contributed by atoms with Crippen molar-refractivity contribution >= 4 is 0 Å². The van der Waals surface area contributed by atoms with Crippen molar-refractivity contribution in [2.75, 3.05) is 6.61 Å². The first kappa shape index (κ1) is 7.63. The van der Waals surface area contributed by atoms with Crippen LogP contribution in [0.1, 0.15) is 32.1 Å². The molecule has 1 saturated carbocycles. The van der Waals surface area contributed by atoms with Crippen LogP contribution in [0.4, 0.5) is 0 Å².